The van der Waals surface area contributed by atoms with Crippen molar-refractivity contribution in [3.05, 3.63) is 29.8 Å². The zero-order valence-corrected chi connectivity index (χ0v) is 10.8. The predicted octanol–water partition coefficient (Wildman–Crippen LogP) is 2.65. The van der Waals surface area contributed by atoms with Gasteiger partial charge in [-0.15, -0.1) is 0 Å². The molecule has 0 N–H and O–H groups in total. The monoisotopic (exact) mass is 275 g/mol. The van der Waals surface area contributed by atoms with Crippen LogP contribution < -0.4 is 4.74 Å². The maximum Gasteiger partial charge on any atom is 0.406 e. The summed E-state index contributed by atoms with van der Waals surface area (Å²) in [7, 11) is 1.49. The molecule has 0 unspecified atom stereocenters. The number of alkyl halides is 3. The second kappa shape index (κ2) is 6.45. The molecule has 0 saturated heterocycles. The number of halogens is 3. The summed E-state index contributed by atoms with van der Waals surface area (Å²) < 4.78 is 41.9. The summed E-state index contributed by atoms with van der Waals surface area (Å²) in [5, 5.41) is 0. The second-order valence-corrected chi connectivity index (χ2v) is 4.05. The minimum Gasteiger partial charge on any atom is -0.497 e. The summed E-state index contributed by atoms with van der Waals surface area (Å²) >= 11 is 0. The van der Waals surface area contributed by atoms with Crippen molar-refractivity contribution in [2.24, 2.45) is 0 Å². The number of ether oxygens (including phenoxy) is 1. The predicted molar refractivity (Wildman–Crippen MR) is 65.0 cm³/mol. The van der Waals surface area contributed by atoms with Crippen molar-refractivity contribution in [2.75, 3.05) is 20.2 Å². The highest BCUT2D eigenvalue weighted by molar-refractivity contribution is 5.78. The van der Waals surface area contributed by atoms with Gasteiger partial charge in [0.2, 0.25) is 5.91 Å². The molecular formula is C13H16F3NO2. The zero-order chi connectivity index (χ0) is 14.5. The number of likely N-dealkylation sites (N-methyl/N-ethyl adjacent to an activating group) is 1. The van der Waals surface area contributed by atoms with E-state index in [1.165, 1.54) is 14.0 Å². The Morgan fingerprint density at radius 1 is 1.37 bits per heavy atom. The van der Waals surface area contributed by atoms with E-state index in [0.29, 0.717) is 11.3 Å². The Labute approximate surface area is 110 Å². The van der Waals surface area contributed by atoms with Crippen LogP contribution in [0.4, 0.5) is 13.2 Å². The van der Waals surface area contributed by atoms with E-state index >= 15 is 0 Å². The number of hydrogen-bond donors (Lipinski definition) is 0. The Morgan fingerprint density at radius 2 is 2.05 bits per heavy atom. The van der Waals surface area contributed by atoms with Gasteiger partial charge in [-0.1, -0.05) is 12.1 Å². The molecule has 1 amide bonds. The highest BCUT2D eigenvalue weighted by atomic mass is 19.4. The lowest BCUT2D eigenvalue weighted by atomic mass is 10.1. The van der Waals surface area contributed by atoms with Gasteiger partial charge in [0, 0.05) is 6.54 Å². The molecule has 1 aromatic carbocycles. The number of amides is 1. The normalized spacial score (nSPS) is 11.2. The molecule has 0 spiro atoms. The summed E-state index contributed by atoms with van der Waals surface area (Å²) in [6.07, 6.45) is -4.44. The molecule has 0 atom stereocenters. The smallest absolute Gasteiger partial charge is 0.406 e. The highest BCUT2D eigenvalue weighted by Crippen LogP contribution is 2.18. The van der Waals surface area contributed by atoms with Crippen LogP contribution in [-0.4, -0.2) is 37.2 Å². The molecule has 106 valence electrons. The van der Waals surface area contributed by atoms with Crippen molar-refractivity contribution in [1.82, 2.24) is 4.90 Å². The molecular weight excluding hydrogens is 259 g/mol. The zero-order valence-electron chi connectivity index (χ0n) is 10.8. The molecule has 6 heteroatoms. The molecule has 0 heterocycles. The number of rotatable bonds is 5. The van der Waals surface area contributed by atoms with E-state index in [9.17, 15) is 18.0 Å². The van der Waals surface area contributed by atoms with Gasteiger partial charge in [0.15, 0.2) is 0 Å². The van der Waals surface area contributed by atoms with Crippen LogP contribution in [-0.2, 0) is 11.2 Å². The Morgan fingerprint density at radius 3 is 2.58 bits per heavy atom. The molecule has 0 fully saturated rings. The quantitative estimate of drug-likeness (QED) is 0.826. The molecule has 0 bridgehead atoms. The van der Waals surface area contributed by atoms with E-state index in [1.54, 1.807) is 24.3 Å². The van der Waals surface area contributed by atoms with Crippen molar-refractivity contribution in [3.8, 4) is 5.75 Å². The van der Waals surface area contributed by atoms with Gasteiger partial charge in [-0.2, -0.15) is 13.2 Å². The number of carbonyl (C=O) groups excluding carboxylic acids is 1. The van der Waals surface area contributed by atoms with Crippen LogP contribution in [0.5, 0.6) is 5.75 Å². The summed E-state index contributed by atoms with van der Waals surface area (Å²) in [5.74, 6) is 0.0252. The fourth-order valence-corrected chi connectivity index (χ4v) is 1.66. The Kier molecular flexibility index (Phi) is 5.20. The van der Waals surface area contributed by atoms with Crippen LogP contribution in [0.3, 0.4) is 0 Å². The molecule has 0 aliphatic heterocycles. The number of hydrogen-bond acceptors (Lipinski definition) is 2. The molecule has 1 aromatic rings. The van der Waals surface area contributed by atoms with Crippen LogP contribution >= 0.6 is 0 Å². The Hall–Kier alpha value is -1.72. The van der Waals surface area contributed by atoms with Gasteiger partial charge < -0.3 is 9.64 Å². The van der Waals surface area contributed by atoms with Gasteiger partial charge >= 0.3 is 6.18 Å². The minimum absolute atomic E-state index is 0.0301. The van der Waals surface area contributed by atoms with Gasteiger partial charge in [-0.05, 0) is 24.6 Å². The Balaban J connectivity index is 2.71. The second-order valence-electron chi connectivity index (χ2n) is 4.05. The largest absolute Gasteiger partial charge is 0.497 e. The van der Waals surface area contributed by atoms with Crippen molar-refractivity contribution < 1.29 is 22.7 Å². The molecule has 1 rings (SSSR count). The molecule has 0 aliphatic rings. The first-order chi connectivity index (χ1) is 8.85. The van der Waals surface area contributed by atoms with E-state index in [1.807, 2.05) is 0 Å². The lowest BCUT2D eigenvalue weighted by Crippen LogP contribution is -2.39. The molecule has 0 aromatic heterocycles. The number of carbonyl (C=O) groups is 1. The van der Waals surface area contributed by atoms with E-state index < -0.39 is 18.6 Å². The van der Waals surface area contributed by atoms with Gasteiger partial charge in [0.05, 0.1) is 13.5 Å². The van der Waals surface area contributed by atoms with Crippen molar-refractivity contribution >= 4 is 5.91 Å². The fourth-order valence-electron chi connectivity index (χ4n) is 1.66. The molecule has 0 radical (unpaired) electrons. The lowest BCUT2D eigenvalue weighted by Gasteiger charge is -2.22. The summed E-state index contributed by atoms with van der Waals surface area (Å²) in [6.45, 7) is 0.337. The average molecular weight is 275 g/mol. The highest BCUT2D eigenvalue weighted by Gasteiger charge is 2.32. The number of methoxy groups -OCH3 is 1. The maximum absolute atomic E-state index is 12.3. The minimum atomic E-state index is -4.37. The van der Waals surface area contributed by atoms with Crippen molar-refractivity contribution in [3.63, 3.8) is 0 Å². The molecule has 0 saturated carbocycles. The first-order valence-electron chi connectivity index (χ1n) is 5.83. The molecule has 19 heavy (non-hydrogen) atoms. The van der Waals surface area contributed by atoms with Crippen LogP contribution in [0.1, 0.15) is 12.5 Å². The average Bonchev–Trinajstić information content (AvgIpc) is 2.35. The summed E-state index contributed by atoms with van der Waals surface area (Å²) in [6, 6.07) is 6.73. The van der Waals surface area contributed by atoms with E-state index in [0.717, 1.165) is 4.90 Å². The summed E-state index contributed by atoms with van der Waals surface area (Å²) in [5.41, 5.74) is 0.630. The van der Waals surface area contributed by atoms with Crippen molar-refractivity contribution in [1.29, 1.82) is 0 Å². The summed E-state index contributed by atoms with van der Waals surface area (Å²) in [4.78, 5) is 12.6. The SMILES string of the molecule is CCN(CC(F)(F)F)C(=O)Cc1cccc(OC)c1. The van der Waals surface area contributed by atoms with Gasteiger partial charge in [0.1, 0.15) is 12.3 Å². The number of nitrogens with zero attached hydrogens (tertiary/aromatic N) is 1. The fraction of sp³-hybridized carbons (Fsp3) is 0.462. The third-order valence-corrected chi connectivity index (χ3v) is 2.59. The van der Waals surface area contributed by atoms with Gasteiger partial charge in [-0.3, -0.25) is 4.79 Å². The lowest BCUT2D eigenvalue weighted by molar-refractivity contribution is -0.160. The topological polar surface area (TPSA) is 29.5 Å². The third-order valence-electron chi connectivity index (χ3n) is 2.59. The van der Waals surface area contributed by atoms with Crippen LogP contribution in [0.25, 0.3) is 0 Å². The van der Waals surface area contributed by atoms with Crippen LogP contribution in [0, 0.1) is 0 Å². The Bertz CT molecular complexity index is 432. The molecule has 3 nitrogen and oxygen atoms in total. The first kappa shape index (κ1) is 15.3. The van der Waals surface area contributed by atoms with Gasteiger partial charge in [0.25, 0.3) is 0 Å². The van der Waals surface area contributed by atoms with E-state index in [2.05, 4.69) is 0 Å². The van der Waals surface area contributed by atoms with E-state index in [-0.39, 0.29) is 13.0 Å². The third kappa shape index (κ3) is 5.19. The first-order valence-corrected chi connectivity index (χ1v) is 5.83. The van der Waals surface area contributed by atoms with Gasteiger partial charge in [-0.25, -0.2) is 0 Å². The van der Waals surface area contributed by atoms with Crippen molar-refractivity contribution in [2.45, 2.75) is 19.5 Å². The maximum atomic E-state index is 12.3. The standard InChI is InChI=1S/C13H16F3NO2/c1-3-17(9-13(14,15)16)12(18)8-10-5-4-6-11(7-10)19-2/h4-7H,3,8-9H2,1-2H3. The molecule has 0 aliphatic carbocycles. The van der Waals surface area contributed by atoms with E-state index in [4.69, 9.17) is 4.74 Å². The van der Waals surface area contributed by atoms with Crippen LogP contribution in [0.2, 0.25) is 0 Å². The number of benzene rings is 1. The van der Waals surface area contributed by atoms with Crippen LogP contribution in [0.15, 0.2) is 24.3 Å².